The van der Waals surface area contributed by atoms with Gasteiger partial charge in [-0.05, 0) is 25.3 Å². The zero-order valence-electron chi connectivity index (χ0n) is 11.8. The summed E-state index contributed by atoms with van der Waals surface area (Å²) >= 11 is 1.39. The second-order valence-corrected chi connectivity index (χ2v) is 5.51. The van der Waals surface area contributed by atoms with Crippen LogP contribution in [0.2, 0.25) is 0 Å². The largest absolute Gasteiger partial charge is 0.506 e. The van der Waals surface area contributed by atoms with Gasteiger partial charge in [0.2, 0.25) is 5.91 Å². The van der Waals surface area contributed by atoms with Crippen molar-refractivity contribution in [3.05, 3.63) is 36.4 Å². The van der Waals surface area contributed by atoms with E-state index in [9.17, 15) is 9.90 Å². The van der Waals surface area contributed by atoms with Gasteiger partial charge >= 0.3 is 0 Å². The summed E-state index contributed by atoms with van der Waals surface area (Å²) in [7, 11) is 0. The van der Waals surface area contributed by atoms with Crippen LogP contribution in [0.4, 0.5) is 0 Å². The van der Waals surface area contributed by atoms with Crippen molar-refractivity contribution in [2.45, 2.75) is 18.7 Å². The van der Waals surface area contributed by atoms with E-state index in [4.69, 9.17) is 0 Å². The fourth-order valence-corrected chi connectivity index (χ4v) is 3.03. The Morgan fingerprint density at radius 3 is 2.55 bits per heavy atom. The van der Waals surface area contributed by atoms with Crippen LogP contribution in [0.5, 0.6) is 5.75 Å². The van der Waals surface area contributed by atoms with Crippen molar-refractivity contribution in [3.63, 3.8) is 0 Å². The number of nitrogens with zero attached hydrogens (tertiary/aromatic N) is 1. The van der Waals surface area contributed by atoms with E-state index in [1.807, 2.05) is 50.2 Å². The summed E-state index contributed by atoms with van der Waals surface area (Å²) in [6, 6.07) is 11.5. The van der Waals surface area contributed by atoms with Crippen molar-refractivity contribution >= 4 is 28.4 Å². The molecular weight excluding hydrogens is 270 g/mol. The number of benzene rings is 2. The van der Waals surface area contributed by atoms with Crippen LogP contribution in [-0.2, 0) is 4.79 Å². The molecule has 0 aliphatic rings. The van der Waals surface area contributed by atoms with Gasteiger partial charge in [-0.3, -0.25) is 4.79 Å². The maximum atomic E-state index is 12.0. The first kappa shape index (κ1) is 14.7. The molecule has 0 heterocycles. The second-order valence-electron chi connectivity index (χ2n) is 4.49. The Kier molecular flexibility index (Phi) is 4.90. The standard InChI is InChI=1S/C16H19NO2S/c1-3-17(4-2)15(18)11-20-14-10-9-12-7-5-6-8-13(12)16(14)19/h5-10,19H,3-4,11H2,1-2H3. The van der Waals surface area contributed by atoms with Crippen LogP contribution in [-0.4, -0.2) is 34.8 Å². The highest BCUT2D eigenvalue weighted by molar-refractivity contribution is 8.00. The molecule has 0 unspecified atom stereocenters. The summed E-state index contributed by atoms with van der Waals surface area (Å²) in [4.78, 5) is 14.5. The van der Waals surface area contributed by atoms with E-state index >= 15 is 0 Å². The molecule has 20 heavy (non-hydrogen) atoms. The molecule has 0 bridgehead atoms. The number of rotatable bonds is 5. The lowest BCUT2D eigenvalue weighted by Crippen LogP contribution is -2.31. The molecule has 0 radical (unpaired) electrons. The van der Waals surface area contributed by atoms with E-state index in [1.165, 1.54) is 11.8 Å². The average molecular weight is 289 g/mol. The van der Waals surface area contributed by atoms with Crippen LogP contribution < -0.4 is 0 Å². The van der Waals surface area contributed by atoms with Crippen LogP contribution in [0.15, 0.2) is 41.3 Å². The number of phenolic OH excluding ortho intramolecular Hbond substituents is 1. The van der Waals surface area contributed by atoms with Crippen molar-refractivity contribution in [1.29, 1.82) is 0 Å². The van der Waals surface area contributed by atoms with Gasteiger partial charge in [0, 0.05) is 18.5 Å². The summed E-state index contributed by atoms with van der Waals surface area (Å²) in [5, 5.41) is 12.1. The van der Waals surface area contributed by atoms with Crippen LogP contribution in [0.25, 0.3) is 10.8 Å². The lowest BCUT2D eigenvalue weighted by molar-refractivity contribution is -0.127. The first-order valence-corrected chi connectivity index (χ1v) is 7.77. The third-order valence-corrected chi connectivity index (χ3v) is 4.36. The number of carbonyl (C=O) groups excluding carboxylic acids is 1. The molecule has 2 rings (SSSR count). The zero-order valence-corrected chi connectivity index (χ0v) is 12.6. The van der Waals surface area contributed by atoms with Crippen molar-refractivity contribution in [2.24, 2.45) is 0 Å². The molecule has 0 atom stereocenters. The molecule has 2 aromatic carbocycles. The molecule has 2 aromatic rings. The Morgan fingerprint density at radius 1 is 1.15 bits per heavy atom. The van der Waals surface area contributed by atoms with Gasteiger partial charge in [0.25, 0.3) is 0 Å². The molecule has 0 aliphatic heterocycles. The van der Waals surface area contributed by atoms with E-state index in [1.54, 1.807) is 4.90 Å². The van der Waals surface area contributed by atoms with Gasteiger partial charge in [0.05, 0.1) is 10.6 Å². The summed E-state index contributed by atoms with van der Waals surface area (Å²) in [6.45, 7) is 5.39. The molecule has 0 fully saturated rings. The fraction of sp³-hybridized carbons (Fsp3) is 0.312. The molecule has 1 amide bonds. The average Bonchev–Trinajstić information content (AvgIpc) is 2.48. The Labute approximate surface area is 123 Å². The van der Waals surface area contributed by atoms with Gasteiger partial charge in [0.1, 0.15) is 5.75 Å². The third kappa shape index (κ3) is 3.07. The first-order valence-electron chi connectivity index (χ1n) is 6.78. The first-order chi connectivity index (χ1) is 9.67. The number of phenols is 1. The topological polar surface area (TPSA) is 40.5 Å². The number of amides is 1. The van der Waals surface area contributed by atoms with Crippen molar-refractivity contribution < 1.29 is 9.90 Å². The normalized spacial score (nSPS) is 10.7. The van der Waals surface area contributed by atoms with Crippen LogP contribution in [0.3, 0.4) is 0 Å². The molecule has 106 valence electrons. The third-order valence-electron chi connectivity index (χ3n) is 3.33. The lowest BCUT2D eigenvalue weighted by atomic mass is 10.1. The molecule has 0 saturated heterocycles. The van der Waals surface area contributed by atoms with Gasteiger partial charge in [-0.15, -0.1) is 11.8 Å². The number of hydrogen-bond donors (Lipinski definition) is 1. The van der Waals surface area contributed by atoms with E-state index in [2.05, 4.69) is 0 Å². The minimum absolute atomic E-state index is 0.104. The predicted octanol–water partition coefficient (Wildman–Crippen LogP) is 3.51. The highest BCUT2D eigenvalue weighted by Gasteiger charge is 2.12. The maximum absolute atomic E-state index is 12.0. The van der Waals surface area contributed by atoms with E-state index < -0.39 is 0 Å². The minimum Gasteiger partial charge on any atom is -0.506 e. The summed E-state index contributed by atoms with van der Waals surface area (Å²) < 4.78 is 0. The quantitative estimate of drug-likeness (QED) is 0.856. The van der Waals surface area contributed by atoms with Gasteiger partial charge in [-0.25, -0.2) is 0 Å². The van der Waals surface area contributed by atoms with E-state index in [0.717, 1.165) is 28.8 Å². The lowest BCUT2D eigenvalue weighted by Gasteiger charge is -2.18. The maximum Gasteiger partial charge on any atom is 0.232 e. The smallest absolute Gasteiger partial charge is 0.232 e. The Morgan fingerprint density at radius 2 is 1.85 bits per heavy atom. The predicted molar refractivity (Wildman–Crippen MR) is 84.3 cm³/mol. The molecule has 0 aliphatic carbocycles. The molecule has 0 saturated carbocycles. The van der Waals surface area contributed by atoms with Crippen molar-refractivity contribution in [3.8, 4) is 5.75 Å². The van der Waals surface area contributed by atoms with E-state index in [0.29, 0.717) is 5.75 Å². The molecular formula is C16H19NO2S. The number of carbonyl (C=O) groups is 1. The second kappa shape index (κ2) is 6.66. The van der Waals surface area contributed by atoms with Gasteiger partial charge in [-0.1, -0.05) is 30.3 Å². The van der Waals surface area contributed by atoms with Crippen molar-refractivity contribution in [1.82, 2.24) is 4.90 Å². The number of fused-ring (bicyclic) bond motifs is 1. The number of hydrogen-bond acceptors (Lipinski definition) is 3. The van der Waals surface area contributed by atoms with Crippen LogP contribution >= 0.6 is 11.8 Å². The minimum atomic E-state index is 0.104. The Balaban J connectivity index is 2.14. The highest BCUT2D eigenvalue weighted by Crippen LogP contribution is 2.35. The summed E-state index contributed by atoms with van der Waals surface area (Å²) in [5.74, 6) is 0.723. The molecule has 3 nitrogen and oxygen atoms in total. The number of thioether (sulfide) groups is 1. The Bertz CT molecular complexity index is 608. The zero-order chi connectivity index (χ0) is 14.5. The highest BCUT2D eigenvalue weighted by atomic mass is 32.2. The molecule has 0 spiro atoms. The van der Waals surface area contributed by atoms with E-state index in [-0.39, 0.29) is 11.7 Å². The van der Waals surface area contributed by atoms with Gasteiger partial charge in [-0.2, -0.15) is 0 Å². The van der Waals surface area contributed by atoms with Gasteiger partial charge < -0.3 is 10.0 Å². The Hall–Kier alpha value is -1.68. The monoisotopic (exact) mass is 289 g/mol. The van der Waals surface area contributed by atoms with Crippen LogP contribution in [0, 0.1) is 0 Å². The molecule has 0 aromatic heterocycles. The summed E-state index contributed by atoms with van der Waals surface area (Å²) in [6.07, 6.45) is 0. The summed E-state index contributed by atoms with van der Waals surface area (Å²) in [5.41, 5.74) is 0. The number of aromatic hydroxyl groups is 1. The SMILES string of the molecule is CCN(CC)C(=O)CSc1ccc2ccccc2c1O. The molecule has 4 heteroatoms. The molecule has 1 N–H and O–H groups in total. The fourth-order valence-electron chi connectivity index (χ4n) is 2.16. The van der Waals surface area contributed by atoms with Crippen LogP contribution in [0.1, 0.15) is 13.8 Å². The van der Waals surface area contributed by atoms with Crippen molar-refractivity contribution in [2.75, 3.05) is 18.8 Å². The van der Waals surface area contributed by atoms with Gasteiger partial charge in [0.15, 0.2) is 0 Å².